The van der Waals surface area contributed by atoms with Crippen molar-refractivity contribution in [2.45, 2.75) is 18.9 Å². The standard InChI is InChI=1S/C28H28F3N9/c1-38-8-10-40(11-9-38)27-24-21(4-6-33-27)34-26(35-24)25-22-20(36-37-25)3-2-19(23(22)29)18-12-17(13-32-14-18)15-39-7-5-28(30,31)16-39/h2-4,6,12-14H,5,7-11,15-16H2,1H3,(H,34,35)(H,36,37). The Bertz CT molecular complexity index is 1700. The van der Waals surface area contributed by atoms with Crippen molar-refractivity contribution < 1.29 is 13.2 Å². The summed E-state index contributed by atoms with van der Waals surface area (Å²) >= 11 is 0. The Morgan fingerprint density at radius 1 is 1.02 bits per heavy atom. The first-order valence-corrected chi connectivity index (χ1v) is 13.3. The minimum Gasteiger partial charge on any atom is -0.352 e. The molecule has 5 aromatic rings. The summed E-state index contributed by atoms with van der Waals surface area (Å²) in [5, 5.41) is 7.66. The van der Waals surface area contributed by atoms with Gasteiger partial charge in [-0.05, 0) is 36.9 Å². The van der Waals surface area contributed by atoms with Crippen LogP contribution in [0.5, 0.6) is 0 Å². The van der Waals surface area contributed by atoms with E-state index in [1.54, 1.807) is 35.6 Å². The van der Waals surface area contributed by atoms with Crippen LogP contribution in [-0.2, 0) is 6.54 Å². The predicted octanol–water partition coefficient (Wildman–Crippen LogP) is 4.30. The van der Waals surface area contributed by atoms with Crippen molar-refractivity contribution in [3.63, 3.8) is 0 Å². The minimum absolute atomic E-state index is 0.149. The van der Waals surface area contributed by atoms with E-state index in [1.807, 2.05) is 12.1 Å². The number of hydrogen-bond donors (Lipinski definition) is 2. The molecule has 0 amide bonds. The van der Waals surface area contributed by atoms with Crippen molar-refractivity contribution in [2.24, 2.45) is 0 Å². The number of halogens is 3. The van der Waals surface area contributed by atoms with Gasteiger partial charge < -0.3 is 14.8 Å². The molecule has 0 atom stereocenters. The van der Waals surface area contributed by atoms with Gasteiger partial charge in [0.05, 0.1) is 23.0 Å². The Hall–Kier alpha value is -4.03. The lowest BCUT2D eigenvalue weighted by Gasteiger charge is -2.33. The topological polar surface area (TPSA) is 92.9 Å². The number of imidazole rings is 1. The van der Waals surface area contributed by atoms with Gasteiger partial charge in [-0.25, -0.2) is 23.1 Å². The Morgan fingerprint density at radius 2 is 1.88 bits per heavy atom. The van der Waals surface area contributed by atoms with Crippen LogP contribution in [0.1, 0.15) is 12.0 Å². The van der Waals surface area contributed by atoms with E-state index in [-0.39, 0.29) is 13.0 Å². The normalized spacial score (nSPS) is 18.4. The summed E-state index contributed by atoms with van der Waals surface area (Å²) in [6.45, 7) is 3.95. The van der Waals surface area contributed by atoms with Gasteiger partial charge in [0.2, 0.25) is 0 Å². The van der Waals surface area contributed by atoms with Crippen molar-refractivity contribution in [2.75, 3.05) is 51.2 Å². The van der Waals surface area contributed by atoms with Crippen LogP contribution in [0.2, 0.25) is 0 Å². The molecule has 0 unspecified atom stereocenters. The van der Waals surface area contributed by atoms with Crippen molar-refractivity contribution >= 4 is 27.8 Å². The number of hydrogen-bond acceptors (Lipinski definition) is 7. The van der Waals surface area contributed by atoms with E-state index in [0.29, 0.717) is 46.6 Å². The zero-order valence-electron chi connectivity index (χ0n) is 22.0. The van der Waals surface area contributed by atoms with Crippen molar-refractivity contribution in [3.8, 4) is 22.6 Å². The van der Waals surface area contributed by atoms with Crippen LogP contribution in [0.4, 0.5) is 19.0 Å². The van der Waals surface area contributed by atoms with Gasteiger partial charge in [0.15, 0.2) is 11.6 Å². The average Bonchev–Trinajstić information content (AvgIpc) is 3.65. The number of nitrogens with one attached hydrogen (secondary N) is 2. The van der Waals surface area contributed by atoms with E-state index in [1.165, 1.54) is 0 Å². The molecule has 0 saturated carbocycles. The molecule has 12 heteroatoms. The number of aromatic amines is 2. The lowest BCUT2D eigenvalue weighted by atomic mass is 10.0. The maximum absolute atomic E-state index is 16.2. The van der Waals surface area contributed by atoms with E-state index in [0.717, 1.165) is 48.6 Å². The highest BCUT2D eigenvalue weighted by molar-refractivity contribution is 5.97. The monoisotopic (exact) mass is 547 g/mol. The molecule has 4 aromatic heterocycles. The number of aromatic nitrogens is 6. The van der Waals surface area contributed by atoms with Gasteiger partial charge in [0.25, 0.3) is 5.92 Å². The van der Waals surface area contributed by atoms with E-state index < -0.39 is 11.7 Å². The summed E-state index contributed by atoms with van der Waals surface area (Å²) in [7, 11) is 2.10. The van der Waals surface area contributed by atoms with Crippen LogP contribution < -0.4 is 4.90 Å². The smallest absolute Gasteiger partial charge is 0.261 e. The first-order valence-electron chi connectivity index (χ1n) is 13.3. The fourth-order valence-electron chi connectivity index (χ4n) is 5.67. The lowest BCUT2D eigenvalue weighted by Crippen LogP contribution is -2.44. The number of piperazine rings is 1. The summed E-state index contributed by atoms with van der Waals surface area (Å²) in [6.07, 6.45) is 4.83. The first-order chi connectivity index (χ1) is 19.3. The largest absolute Gasteiger partial charge is 0.352 e. The third-order valence-corrected chi connectivity index (χ3v) is 7.84. The second-order valence-electron chi connectivity index (χ2n) is 10.7. The van der Waals surface area contributed by atoms with Gasteiger partial charge in [-0.1, -0.05) is 0 Å². The number of rotatable bonds is 5. The molecule has 7 rings (SSSR count). The fraction of sp³-hybridized carbons (Fsp3) is 0.357. The average molecular weight is 548 g/mol. The number of likely N-dealkylation sites (N-methyl/N-ethyl adjacent to an activating group) is 1. The zero-order valence-corrected chi connectivity index (χ0v) is 22.0. The molecule has 40 heavy (non-hydrogen) atoms. The third-order valence-electron chi connectivity index (χ3n) is 7.84. The van der Waals surface area contributed by atoms with Gasteiger partial charge in [0, 0.05) is 75.4 Å². The van der Waals surface area contributed by atoms with Crippen molar-refractivity contribution in [1.29, 1.82) is 0 Å². The second kappa shape index (κ2) is 9.56. The van der Waals surface area contributed by atoms with Crippen LogP contribution in [0.25, 0.3) is 44.6 Å². The Labute approximate surface area is 228 Å². The highest BCUT2D eigenvalue weighted by atomic mass is 19.3. The van der Waals surface area contributed by atoms with Gasteiger partial charge in [-0.15, -0.1) is 0 Å². The number of alkyl halides is 2. The number of pyridine rings is 2. The number of fused-ring (bicyclic) bond motifs is 2. The summed E-state index contributed by atoms with van der Waals surface area (Å²) in [6, 6.07) is 7.12. The number of nitrogens with zero attached hydrogens (tertiary/aromatic N) is 7. The summed E-state index contributed by atoms with van der Waals surface area (Å²) in [5.74, 6) is -1.88. The van der Waals surface area contributed by atoms with Gasteiger partial charge >= 0.3 is 0 Å². The van der Waals surface area contributed by atoms with Crippen LogP contribution in [0, 0.1) is 5.82 Å². The predicted molar refractivity (Wildman–Crippen MR) is 147 cm³/mol. The van der Waals surface area contributed by atoms with Gasteiger partial charge in [-0.3, -0.25) is 15.0 Å². The van der Waals surface area contributed by atoms with Crippen LogP contribution >= 0.6 is 0 Å². The van der Waals surface area contributed by atoms with Crippen molar-refractivity contribution in [1.82, 2.24) is 39.9 Å². The molecule has 2 aliphatic heterocycles. The maximum Gasteiger partial charge on any atom is 0.261 e. The molecule has 0 radical (unpaired) electrons. The molecule has 9 nitrogen and oxygen atoms in total. The van der Waals surface area contributed by atoms with Gasteiger partial charge in [-0.2, -0.15) is 5.10 Å². The third kappa shape index (κ3) is 4.46. The molecule has 0 bridgehead atoms. The highest BCUT2D eigenvalue weighted by Gasteiger charge is 2.38. The molecule has 0 aliphatic carbocycles. The summed E-state index contributed by atoms with van der Waals surface area (Å²) in [5.41, 5.74) is 4.11. The number of likely N-dealkylation sites (tertiary alicyclic amines) is 1. The first kappa shape index (κ1) is 25.0. The van der Waals surface area contributed by atoms with Gasteiger partial charge in [0.1, 0.15) is 17.0 Å². The molecular formula is C28H28F3N9. The maximum atomic E-state index is 16.2. The van der Waals surface area contributed by atoms with Crippen LogP contribution in [0.15, 0.2) is 42.9 Å². The molecule has 0 spiro atoms. The molecular weight excluding hydrogens is 519 g/mol. The highest BCUT2D eigenvalue weighted by Crippen LogP contribution is 2.35. The second-order valence-corrected chi connectivity index (χ2v) is 10.7. The zero-order chi connectivity index (χ0) is 27.4. The number of benzene rings is 1. The Morgan fingerprint density at radius 3 is 2.67 bits per heavy atom. The summed E-state index contributed by atoms with van der Waals surface area (Å²) in [4.78, 5) is 23.2. The minimum atomic E-state index is -2.67. The Balaban J connectivity index is 1.24. The fourth-order valence-corrected chi connectivity index (χ4v) is 5.67. The molecule has 1 aromatic carbocycles. The molecule has 206 valence electrons. The molecule has 2 aliphatic rings. The number of H-pyrrole nitrogens is 2. The lowest BCUT2D eigenvalue weighted by molar-refractivity contribution is 0.0115. The van der Waals surface area contributed by atoms with E-state index in [2.05, 4.69) is 42.0 Å². The quantitative estimate of drug-likeness (QED) is 0.339. The van der Waals surface area contributed by atoms with Crippen LogP contribution in [-0.4, -0.2) is 92.2 Å². The molecule has 2 fully saturated rings. The van der Waals surface area contributed by atoms with Crippen LogP contribution in [0.3, 0.4) is 0 Å². The molecule has 2 saturated heterocycles. The molecule has 2 N–H and O–H groups in total. The van der Waals surface area contributed by atoms with Crippen molar-refractivity contribution in [3.05, 3.63) is 54.2 Å². The summed E-state index contributed by atoms with van der Waals surface area (Å²) < 4.78 is 43.5. The Kier molecular flexibility index (Phi) is 5.97. The number of anilines is 1. The van der Waals surface area contributed by atoms with E-state index >= 15 is 4.39 Å². The molecule has 6 heterocycles. The van der Waals surface area contributed by atoms with E-state index in [9.17, 15) is 8.78 Å². The van der Waals surface area contributed by atoms with E-state index in [4.69, 9.17) is 4.98 Å². The SMILES string of the molecule is CN1CCN(c2nccc3[nH]c(-c4n[nH]c5ccc(-c6cncc(CN7CCC(F)(F)C7)c6)c(F)c45)nc23)CC1.